The molecule has 158 valence electrons. The molecule has 0 aliphatic carbocycles. The summed E-state index contributed by atoms with van der Waals surface area (Å²) in [5.74, 6) is 0.380. The van der Waals surface area contributed by atoms with E-state index in [1.54, 1.807) is 20.8 Å². The number of carbonyl (C=O) groups is 2. The molecule has 30 heavy (non-hydrogen) atoms. The van der Waals surface area contributed by atoms with Crippen LogP contribution in [0, 0.1) is 20.8 Å². The van der Waals surface area contributed by atoms with E-state index in [1.165, 1.54) is 7.11 Å². The molecule has 0 fully saturated rings. The van der Waals surface area contributed by atoms with Gasteiger partial charge in [-0.25, -0.2) is 4.79 Å². The molecule has 0 spiro atoms. The predicted octanol–water partition coefficient (Wildman–Crippen LogP) is 4.05. The second-order valence-corrected chi connectivity index (χ2v) is 8.10. The highest BCUT2D eigenvalue weighted by atomic mass is 32.2. The third kappa shape index (κ3) is 4.73. The number of aryl methyl sites for hydroxylation is 2. The van der Waals surface area contributed by atoms with Gasteiger partial charge in [0, 0.05) is 5.69 Å². The predicted molar refractivity (Wildman–Crippen MR) is 111 cm³/mol. The van der Waals surface area contributed by atoms with Crippen molar-refractivity contribution in [2.45, 2.75) is 44.8 Å². The summed E-state index contributed by atoms with van der Waals surface area (Å²) in [4.78, 5) is 27.8. The van der Waals surface area contributed by atoms with Crippen molar-refractivity contribution in [3.8, 4) is 5.75 Å². The number of benzene rings is 1. The SMILES string of the molecule is COC(=O)c1c(C)[nH]c(C(=O)C(C)Sc2nnc(COc3cccc(C)c3)o2)c1C. The van der Waals surface area contributed by atoms with E-state index in [0.717, 1.165) is 17.3 Å². The van der Waals surface area contributed by atoms with Gasteiger partial charge in [-0.2, -0.15) is 0 Å². The summed E-state index contributed by atoms with van der Waals surface area (Å²) in [6.45, 7) is 7.30. The van der Waals surface area contributed by atoms with E-state index in [-0.39, 0.29) is 17.6 Å². The molecule has 0 saturated carbocycles. The number of methoxy groups -OCH3 is 1. The van der Waals surface area contributed by atoms with Crippen LogP contribution in [0.1, 0.15) is 50.5 Å². The summed E-state index contributed by atoms with van der Waals surface area (Å²) >= 11 is 1.15. The summed E-state index contributed by atoms with van der Waals surface area (Å²) in [7, 11) is 1.31. The lowest BCUT2D eigenvalue weighted by atomic mass is 10.1. The first-order chi connectivity index (χ1) is 14.3. The number of nitrogens with one attached hydrogen (secondary N) is 1. The van der Waals surface area contributed by atoms with Crippen LogP contribution in [-0.2, 0) is 11.3 Å². The fourth-order valence-electron chi connectivity index (χ4n) is 3.01. The van der Waals surface area contributed by atoms with Crippen molar-refractivity contribution in [1.82, 2.24) is 15.2 Å². The Kier molecular flexibility index (Phi) is 6.61. The molecule has 1 atom stereocenters. The average molecular weight is 429 g/mol. The van der Waals surface area contributed by atoms with Crippen LogP contribution in [0.4, 0.5) is 0 Å². The van der Waals surface area contributed by atoms with Gasteiger partial charge in [-0.15, -0.1) is 10.2 Å². The smallest absolute Gasteiger partial charge is 0.339 e. The zero-order valence-corrected chi connectivity index (χ0v) is 18.3. The van der Waals surface area contributed by atoms with Crippen LogP contribution < -0.4 is 4.74 Å². The molecule has 1 unspecified atom stereocenters. The van der Waals surface area contributed by atoms with Gasteiger partial charge < -0.3 is 18.9 Å². The number of nitrogens with zero attached hydrogens (tertiary/aromatic N) is 2. The Morgan fingerprint density at radius 3 is 2.70 bits per heavy atom. The number of hydrogen-bond donors (Lipinski definition) is 1. The monoisotopic (exact) mass is 429 g/mol. The maximum Gasteiger partial charge on any atom is 0.339 e. The molecule has 0 aliphatic rings. The van der Waals surface area contributed by atoms with Gasteiger partial charge in [0.2, 0.25) is 0 Å². The van der Waals surface area contributed by atoms with Crippen LogP contribution in [-0.4, -0.2) is 39.3 Å². The highest BCUT2D eigenvalue weighted by Gasteiger charge is 2.27. The van der Waals surface area contributed by atoms with Gasteiger partial charge >= 0.3 is 5.97 Å². The highest BCUT2D eigenvalue weighted by molar-refractivity contribution is 8.00. The number of esters is 1. The van der Waals surface area contributed by atoms with E-state index in [0.29, 0.717) is 34.2 Å². The van der Waals surface area contributed by atoms with Crippen LogP contribution in [0.2, 0.25) is 0 Å². The fourth-order valence-corrected chi connectivity index (χ4v) is 3.77. The second-order valence-electron chi connectivity index (χ2n) is 6.81. The Balaban J connectivity index is 1.64. The molecular weight excluding hydrogens is 406 g/mol. The summed E-state index contributed by atoms with van der Waals surface area (Å²) in [5.41, 5.74) is 3.00. The number of rotatable bonds is 8. The first-order valence-corrected chi connectivity index (χ1v) is 10.2. The number of ether oxygens (including phenoxy) is 2. The molecule has 0 radical (unpaired) electrons. The van der Waals surface area contributed by atoms with Crippen LogP contribution in [0.25, 0.3) is 0 Å². The van der Waals surface area contributed by atoms with Gasteiger partial charge in [0.05, 0.1) is 23.6 Å². The van der Waals surface area contributed by atoms with Crippen molar-refractivity contribution in [3.05, 3.63) is 58.2 Å². The van der Waals surface area contributed by atoms with Gasteiger partial charge in [-0.3, -0.25) is 4.79 Å². The number of hydrogen-bond acceptors (Lipinski definition) is 8. The molecule has 0 saturated heterocycles. The molecule has 3 aromatic rings. The van der Waals surface area contributed by atoms with Crippen molar-refractivity contribution in [3.63, 3.8) is 0 Å². The van der Waals surface area contributed by atoms with Gasteiger partial charge in [0.25, 0.3) is 11.1 Å². The maximum atomic E-state index is 12.9. The van der Waals surface area contributed by atoms with Crippen molar-refractivity contribution in [2.24, 2.45) is 0 Å². The Bertz CT molecular complexity index is 1070. The largest absolute Gasteiger partial charge is 0.484 e. The third-order valence-corrected chi connectivity index (χ3v) is 5.45. The minimum Gasteiger partial charge on any atom is -0.484 e. The lowest BCUT2D eigenvalue weighted by molar-refractivity contribution is 0.0599. The quantitative estimate of drug-likeness (QED) is 0.325. The Morgan fingerprint density at radius 1 is 1.23 bits per heavy atom. The van der Waals surface area contributed by atoms with Gasteiger partial charge in [0.15, 0.2) is 12.4 Å². The molecule has 0 aliphatic heterocycles. The van der Waals surface area contributed by atoms with E-state index >= 15 is 0 Å². The summed E-state index contributed by atoms with van der Waals surface area (Å²) in [5, 5.41) is 7.71. The summed E-state index contributed by atoms with van der Waals surface area (Å²) in [6.07, 6.45) is 0. The molecule has 1 N–H and O–H groups in total. The highest BCUT2D eigenvalue weighted by Crippen LogP contribution is 2.27. The molecule has 9 heteroatoms. The molecule has 8 nitrogen and oxygen atoms in total. The van der Waals surface area contributed by atoms with Crippen molar-refractivity contribution >= 4 is 23.5 Å². The lowest BCUT2D eigenvalue weighted by Crippen LogP contribution is -2.15. The Morgan fingerprint density at radius 2 is 2.00 bits per heavy atom. The average Bonchev–Trinajstić information content (AvgIpc) is 3.28. The summed E-state index contributed by atoms with van der Waals surface area (Å²) in [6, 6.07) is 7.65. The molecule has 3 rings (SSSR count). The number of H-pyrrole nitrogens is 1. The zero-order valence-electron chi connectivity index (χ0n) is 17.4. The van der Waals surface area contributed by atoms with Gasteiger partial charge in [0.1, 0.15) is 5.75 Å². The number of thioether (sulfide) groups is 1. The number of aromatic amines is 1. The van der Waals surface area contributed by atoms with Crippen LogP contribution >= 0.6 is 11.8 Å². The van der Waals surface area contributed by atoms with E-state index in [1.807, 2.05) is 31.2 Å². The molecule has 0 amide bonds. The lowest BCUT2D eigenvalue weighted by Gasteiger charge is -2.07. The molecule has 0 bridgehead atoms. The van der Waals surface area contributed by atoms with Crippen molar-refractivity contribution < 1.29 is 23.5 Å². The molecule has 2 heterocycles. The van der Waals surface area contributed by atoms with Crippen LogP contribution in [0.3, 0.4) is 0 Å². The first kappa shape index (κ1) is 21.6. The minimum atomic E-state index is -0.502. The van der Waals surface area contributed by atoms with Gasteiger partial charge in [-0.1, -0.05) is 23.9 Å². The fraction of sp³-hybridized carbons (Fsp3) is 0.333. The van der Waals surface area contributed by atoms with E-state index in [9.17, 15) is 9.59 Å². The topological polar surface area (TPSA) is 107 Å². The Hall–Kier alpha value is -3.07. The number of Topliss-reactive ketones (excluding diaryl/α,β-unsaturated/α-hetero) is 1. The first-order valence-electron chi connectivity index (χ1n) is 9.30. The molecular formula is C21H23N3O5S. The Labute approximate surface area is 178 Å². The standard InChI is InChI=1S/C21H23N3O5S/c1-11-7-6-8-15(9-11)28-10-16-23-24-21(29-16)30-14(4)19(25)18-12(2)17(13(3)22-18)20(26)27-5/h6-9,14,22H,10H2,1-5H3. The van der Waals surface area contributed by atoms with Crippen LogP contribution in [0.15, 0.2) is 33.9 Å². The van der Waals surface area contributed by atoms with Crippen LogP contribution in [0.5, 0.6) is 5.75 Å². The van der Waals surface area contributed by atoms with E-state index < -0.39 is 11.2 Å². The van der Waals surface area contributed by atoms with Crippen molar-refractivity contribution in [1.29, 1.82) is 0 Å². The normalized spacial score (nSPS) is 11.9. The molecule has 2 aromatic heterocycles. The number of carbonyl (C=O) groups excluding carboxylic acids is 2. The van der Waals surface area contributed by atoms with Gasteiger partial charge in [-0.05, 0) is 51.0 Å². The van der Waals surface area contributed by atoms with E-state index in [4.69, 9.17) is 13.9 Å². The number of ketones is 1. The number of aromatic nitrogens is 3. The molecule has 1 aromatic carbocycles. The second kappa shape index (κ2) is 9.17. The van der Waals surface area contributed by atoms with E-state index in [2.05, 4.69) is 15.2 Å². The third-order valence-electron chi connectivity index (χ3n) is 4.52. The minimum absolute atomic E-state index is 0.136. The maximum absolute atomic E-state index is 12.9. The summed E-state index contributed by atoms with van der Waals surface area (Å²) < 4.78 is 16.0. The van der Waals surface area contributed by atoms with Crippen molar-refractivity contribution in [2.75, 3.05) is 7.11 Å². The zero-order chi connectivity index (χ0) is 21.8.